The first-order chi connectivity index (χ1) is 9.74. The molecule has 2 rings (SSSR count). The number of nitrogens with zero attached hydrogens (tertiary/aromatic N) is 1. The van der Waals surface area contributed by atoms with Crippen molar-refractivity contribution in [1.29, 1.82) is 0 Å². The Morgan fingerprint density at radius 3 is 2.70 bits per heavy atom. The minimum atomic E-state index is 0.666. The first kappa shape index (κ1) is 15.4. The van der Waals surface area contributed by atoms with E-state index in [0.717, 1.165) is 17.9 Å². The highest BCUT2D eigenvalue weighted by Gasteiger charge is 2.15. The molecule has 0 amide bonds. The number of halogens is 1. The number of methoxy groups -OCH3 is 1. The normalized spacial score (nSPS) is 15.6. The summed E-state index contributed by atoms with van der Waals surface area (Å²) in [5.41, 5.74) is 1.03. The summed E-state index contributed by atoms with van der Waals surface area (Å²) in [4.78, 5) is 2.43. The lowest BCUT2D eigenvalue weighted by Gasteiger charge is -2.18. The van der Waals surface area contributed by atoms with E-state index >= 15 is 0 Å². The van der Waals surface area contributed by atoms with Gasteiger partial charge in [-0.1, -0.05) is 11.6 Å². The van der Waals surface area contributed by atoms with E-state index in [4.69, 9.17) is 21.1 Å². The molecule has 1 heterocycles. The Morgan fingerprint density at radius 1 is 1.30 bits per heavy atom. The van der Waals surface area contributed by atoms with E-state index in [1.54, 1.807) is 13.2 Å². The minimum absolute atomic E-state index is 0.666. The van der Waals surface area contributed by atoms with E-state index in [-0.39, 0.29) is 0 Å². The first-order valence-electron chi connectivity index (χ1n) is 7.10. The average Bonchev–Trinajstić information content (AvgIpc) is 2.94. The molecule has 1 fully saturated rings. The maximum absolute atomic E-state index is 6.10. The second-order valence-corrected chi connectivity index (χ2v) is 5.46. The van der Waals surface area contributed by atoms with Crippen molar-refractivity contribution in [2.45, 2.75) is 19.4 Å². The van der Waals surface area contributed by atoms with Crippen molar-refractivity contribution in [2.75, 3.05) is 40.4 Å². The van der Waals surface area contributed by atoms with Crippen molar-refractivity contribution < 1.29 is 9.47 Å². The number of ether oxygens (including phenoxy) is 2. The number of hydrogen-bond donors (Lipinski definition) is 1. The van der Waals surface area contributed by atoms with E-state index in [0.29, 0.717) is 23.9 Å². The van der Waals surface area contributed by atoms with Crippen LogP contribution in [0.15, 0.2) is 12.1 Å². The van der Waals surface area contributed by atoms with Crippen molar-refractivity contribution in [1.82, 2.24) is 10.2 Å². The molecule has 1 aliphatic heterocycles. The van der Waals surface area contributed by atoms with Crippen molar-refractivity contribution in [2.24, 2.45) is 0 Å². The SMILES string of the molecule is CNCc1cc(Cl)cc(OC)c1OCCN1CCCC1. The highest BCUT2D eigenvalue weighted by molar-refractivity contribution is 6.30. The molecule has 0 aliphatic carbocycles. The van der Waals surface area contributed by atoms with Crippen molar-refractivity contribution in [3.8, 4) is 11.5 Å². The Morgan fingerprint density at radius 2 is 2.05 bits per heavy atom. The van der Waals surface area contributed by atoms with Gasteiger partial charge < -0.3 is 14.8 Å². The van der Waals surface area contributed by atoms with Crippen LogP contribution in [0.25, 0.3) is 0 Å². The predicted octanol–water partition coefficient (Wildman–Crippen LogP) is 2.54. The number of hydrogen-bond acceptors (Lipinski definition) is 4. The Kier molecular flexibility index (Phi) is 5.95. The second-order valence-electron chi connectivity index (χ2n) is 5.02. The smallest absolute Gasteiger partial charge is 0.165 e. The Hall–Kier alpha value is -0.970. The zero-order valence-electron chi connectivity index (χ0n) is 12.2. The van der Waals surface area contributed by atoms with Crippen LogP contribution in [-0.2, 0) is 6.54 Å². The summed E-state index contributed by atoms with van der Waals surface area (Å²) in [5.74, 6) is 1.50. The molecule has 1 saturated heterocycles. The topological polar surface area (TPSA) is 33.7 Å². The lowest BCUT2D eigenvalue weighted by atomic mass is 10.2. The fourth-order valence-corrected chi connectivity index (χ4v) is 2.77. The Bertz CT molecular complexity index is 434. The molecule has 0 bridgehead atoms. The lowest BCUT2D eigenvalue weighted by Crippen LogP contribution is -2.25. The molecule has 0 saturated carbocycles. The Balaban J connectivity index is 2.03. The van der Waals surface area contributed by atoms with E-state index in [9.17, 15) is 0 Å². The maximum Gasteiger partial charge on any atom is 0.165 e. The summed E-state index contributed by atoms with van der Waals surface area (Å²) in [6.45, 7) is 4.71. The van der Waals surface area contributed by atoms with Gasteiger partial charge in [0.05, 0.1) is 7.11 Å². The molecule has 1 N–H and O–H groups in total. The number of nitrogens with one attached hydrogen (secondary N) is 1. The molecule has 1 aliphatic rings. The van der Waals surface area contributed by atoms with Gasteiger partial charge >= 0.3 is 0 Å². The highest BCUT2D eigenvalue weighted by Crippen LogP contribution is 2.34. The summed E-state index contributed by atoms with van der Waals surface area (Å²) in [6.07, 6.45) is 2.60. The van der Waals surface area contributed by atoms with Gasteiger partial charge in [-0.05, 0) is 39.0 Å². The molecule has 0 unspecified atom stereocenters. The number of rotatable bonds is 7. The van der Waals surface area contributed by atoms with E-state index in [2.05, 4.69) is 10.2 Å². The van der Waals surface area contributed by atoms with Gasteiger partial charge in [-0.25, -0.2) is 0 Å². The van der Waals surface area contributed by atoms with Gasteiger partial charge in [-0.2, -0.15) is 0 Å². The summed E-state index contributed by atoms with van der Waals surface area (Å²) in [6, 6.07) is 3.72. The van der Waals surface area contributed by atoms with Crippen molar-refractivity contribution >= 4 is 11.6 Å². The van der Waals surface area contributed by atoms with Crippen LogP contribution in [0.4, 0.5) is 0 Å². The molecule has 5 heteroatoms. The van der Waals surface area contributed by atoms with Crippen LogP contribution in [-0.4, -0.2) is 45.3 Å². The molecule has 0 spiro atoms. The zero-order chi connectivity index (χ0) is 14.4. The van der Waals surface area contributed by atoms with Gasteiger partial charge in [-0.15, -0.1) is 0 Å². The van der Waals surface area contributed by atoms with Gasteiger partial charge in [0.25, 0.3) is 0 Å². The molecule has 20 heavy (non-hydrogen) atoms. The maximum atomic E-state index is 6.10. The molecule has 112 valence electrons. The molecule has 4 nitrogen and oxygen atoms in total. The van der Waals surface area contributed by atoms with Crippen LogP contribution in [0, 0.1) is 0 Å². The van der Waals surface area contributed by atoms with Crippen molar-refractivity contribution in [3.63, 3.8) is 0 Å². The van der Waals surface area contributed by atoms with Gasteiger partial charge in [0.15, 0.2) is 11.5 Å². The third-order valence-electron chi connectivity index (χ3n) is 3.54. The molecular formula is C15H23ClN2O2. The third kappa shape index (κ3) is 4.01. The minimum Gasteiger partial charge on any atom is -0.493 e. The average molecular weight is 299 g/mol. The third-order valence-corrected chi connectivity index (χ3v) is 3.75. The monoisotopic (exact) mass is 298 g/mol. The van der Waals surface area contributed by atoms with Crippen LogP contribution in [0.2, 0.25) is 5.02 Å². The van der Waals surface area contributed by atoms with Crippen LogP contribution in [0.3, 0.4) is 0 Å². The first-order valence-corrected chi connectivity index (χ1v) is 7.48. The largest absolute Gasteiger partial charge is 0.493 e. The van der Waals surface area contributed by atoms with Crippen LogP contribution >= 0.6 is 11.6 Å². The van der Waals surface area contributed by atoms with Gasteiger partial charge in [0, 0.05) is 29.7 Å². The molecule has 0 radical (unpaired) electrons. The van der Waals surface area contributed by atoms with Crippen molar-refractivity contribution in [3.05, 3.63) is 22.7 Å². The van der Waals surface area contributed by atoms with Crippen LogP contribution in [0.1, 0.15) is 18.4 Å². The summed E-state index contributed by atoms with van der Waals surface area (Å²) in [5, 5.41) is 3.80. The van der Waals surface area contributed by atoms with Crippen LogP contribution < -0.4 is 14.8 Å². The molecule has 0 aromatic heterocycles. The molecule has 1 aromatic rings. The molecule has 0 atom stereocenters. The number of benzene rings is 1. The van der Waals surface area contributed by atoms with E-state index in [1.165, 1.54) is 25.9 Å². The Labute approximate surface area is 126 Å². The summed E-state index contributed by atoms with van der Waals surface area (Å²) >= 11 is 6.10. The quantitative estimate of drug-likeness (QED) is 0.839. The fraction of sp³-hybridized carbons (Fsp3) is 0.600. The van der Waals surface area contributed by atoms with Gasteiger partial charge in [-0.3, -0.25) is 4.90 Å². The summed E-state index contributed by atoms with van der Waals surface area (Å²) < 4.78 is 11.3. The van der Waals surface area contributed by atoms with E-state index in [1.807, 2.05) is 13.1 Å². The lowest BCUT2D eigenvalue weighted by molar-refractivity contribution is 0.228. The predicted molar refractivity (Wildman–Crippen MR) is 81.9 cm³/mol. The van der Waals surface area contributed by atoms with Gasteiger partial charge in [0.2, 0.25) is 0 Å². The van der Waals surface area contributed by atoms with E-state index < -0.39 is 0 Å². The highest BCUT2D eigenvalue weighted by atomic mass is 35.5. The van der Waals surface area contributed by atoms with Crippen LogP contribution in [0.5, 0.6) is 11.5 Å². The molecular weight excluding hydrogens is 276 g/mol. The fourth-order valence-electron chi connectivity index (χ4n) is 2.54. The standard InChI is InChI=1S/C15H23ClN2O2/c1-17-11-12-9-13(16)10-14(19-2)15(12)20-8-7-18-5-3-4-6-18/h9-10,17H,3-8,11H2,1-2H3. The number of likely N-dealkylation sites (tertiary alicyclic amines) is 1. The molecule has 1 aromatic carbocycles. The summed E-state index contributed by atoms with van der Waals surface area (Å²) in [7, 11) is 3.55. The second kappa shape index (κ2) is 7.72. The zero-order valence-corrected chi connectivity index (χ0v) is 13.0. The van der Waals surface area contributed by atoms with Gasteiger partial charge in [0.1, 0.15) is 6.61 Å².